The standard InChI is InChI=1S/C48H31N3O/c1-2-12-30(13-3-1)49-40-18-8-4-14-33(40)35-24-22-31(28-44(35)49)51-41-19-9-5-15-34(41)38-26-27-43-47(48(38)51)39-17-6-10-20-42(39)50(43)32-23-25-37-36-16-7-11-21-45(36)52-46(37)29-32/h1-22,24,26-29H,23,25H2. The highest BCUT2D eigenvalue weighted by molar-refractivity contribution is 6.26. The van der Waals surface area contributed by atoms with Crippen LogP contribution in [0.5, 0.6) is 0 Å². The fourth-order valence-corrected chi connectivity index (χ4v) is 9.18. The summed E-state index contributed by atoms with van der Waals surface area (Å²) in [5.74, 6) is 0.977. The molecular weight excluding hydrogens is 635 g/mol. The number of fused-ring (bicyclic) bond motifs is 13. The first-order valence-electron chi connectivity index (χ1n) is 18.1. The lowest BCUT2D eigenvalue weighted by atomic mass is 9.98. The molecule has 7 aromatic carbocycles. The predicted molar refractivity (Wildman–Crippen MR) is 217 cm³/mol. The van der Waals surface area contributed by atoms with Crippen molar-refractivity contribution in [1.29, 1.82) is 0 Å². The Labute approximate surface area is 298 Å². The minimum atomic E-state index is 0.937. The van der Waals surface area contributed by atoms with Crippen molar-refractivity contribution in [3.8, 4) is 11.4 Å². The summed E-state index contributed by atoms with van der Waals surface area (Å²) < 4.78 is 13.8. The van der Waals surface area contributed by atoms with Gasteiger partial charge in [-0.3, -0.25) is 0 Å². The van der Waals surface area contributed by atoms with Crippen molar-refractivity contribution in [2.24, 2.45) is 0 Å². The number of nitrogens with zero attached hydrogens (tertiary/aromatic N) is 3. The van der Waals surface area contributed by atoms with E-state index in [2.05, 4.69) is 178 Å². The fraction of sp³-hybridized carbons (Fsp3) is 0.0417. The van der Waals surface area contributed by atoms with Crippen molar-refractivity contribution in [3.63, 3.8) is 0 Å². The van der Waals surface area contributed by atoms with Crippen molar-refractivity contribution < 1.29 is 4.42 Å². The third-order valence-electron chi connectivity index (χ3n) is 11.3. The summed E-state index contributed by atoms with van der Waals surface area (Å²) in [5, 5.41) is 8.77. The zero-order chi connectivity index (χ0) is 33.9. The molecule has 0 spiro atoms. The smallest absolute Gasteiger partial charge is 0.135 e. The lowest BCUT2D eigenvalue weighted by Gasteiger charge is -2.17. The number of allylic oxidation sites excluding steroid dienone is 1. The molecule has 0 N–H and O–H groups in total. The van der Waals surface area contributed by atoms with E-state index >= 15 is 0 Å². The van der Waals surface area contributed by atoms with Gasteiger partial charge in [0.2, 0.25) is 0 Å². The van der Waals surface area contributed by atoms with Gasteiger partial charge in [0.25, 0.3) is 0 Å². The molecular formula is C48H31N3O. The molecule has 1 aliphatic carbocycles. The number of hydrogen-bond acceptors (Lipinski definition) is 1. The Balaban J connectivity index is 1.18. The Kier molecular flexibility index (Phi) is 5.58. The molecule has 1 aliphatic rings. The third kappa shape index (κ3) is 3.70. The number of para-hydroxylation sites is 5. The van der Waals surface area contributed by atoms with Gasteiger partial charge in [0.1, 0.15) is 11.3 Å². The summed E-state index contributed by atoms with van der Waals surface area (Å²) >= 11 is 0. The zero-order valence-corrected chi connectivity index (χ0v) is 28.3. The topological polar surface area (TPSA) is 27.9 Å². The van der Waals surface area contributed by atoms with E-state index in [1.807, 2.05) is 0 Å². The molecule has 4 aromatic heterocycles. The molecule has 52 heavy (non-hydrogen) atoms. The summed E-state index contributed by atoms with van der Waals surface area (Å²) in [4.78, 5) is 0. The maximum Gasteiger partial charge on any atom is 0.135 e. The van der Waals surface area contributed by atoms with Gasteiger partial charge in [0.15, 0.2) is 0 Å². The van der Waals surface area contributed by atoms with Crippen molar-refractivity contribution >= 4 is 88.2 Å². The molecule has 4 heteroatoms. The minimum absolute atomic E-state index is 0.937. The quantitative estimate of drug-likeness (QED) is 0.185. The number of benzene rings is 7. The van der Waals surface area contributed by atoms with Gasteiger partial charge in [-0.25, -0.2) is 0 Å². The second-order valence-corrected chi connectivity index (χ2v) is 14.0. The normalized spacial score (nSPS) is 13.3. The van der Waals surface area contributed by atoms with Crippen molar-refractivity contribution in [3.05, 3.63) is 169 Å². The molecule has 0 amide bonds. The molecule has 12 rings (SSSR count). The lowest BCUT2D eigenvalue weighted by molar-refractivity contribution is 0.595. The van der Waals surface area contributed by atoms with Crippen molar-refractivity contribution in [2.45, 2.75) is 12.8 Å². The van der Waals surface area contributed by atoms with Gasteiger partial charge in [0.05, 0.1) is 33.1 Å². The minimum Gasteiger partial charge on any atom is -0.456 e. The first-order valence-corrected chi connectivity index (χ1v) is 18.1. The SMILES string of the molecule is C1=C(n2c3ccccc3c3c2ccc2c4ccccc4n(-c4ccc5c6ccccc6n(-c6ccccc6)c5c4)c23)CCc2c1oc1ccccc21. The van der Waals surface area contributed by atoms with E-state index in [1.165, 1.54) is 82.1 Å². The van der Waals surface area contributed by atoms with Crippen LogP contribution < -0.4 is 0 Å². The Hall–Kier alpha value is -6.78. The van der Waals surface area contributed by atoms with Gasteiger partial charge in [-0.1, -0.05) is 103 Å². The van der Waals surface area contributed by atoms with Gasteiger partial charge >= 0.3 is 0 Å². The zero-order valence-electron chi connectivity index (χ0n) is 28.3. The Morgan fingerprint density at radius 1 is 0.404 bits per heavy atom. The lowest BCUT2D eigenvalue weighted by Crippen LogP contribution is -2.03. The van der Waals surface area contributed by atoms with Gasteiger partial charge < -0.3 is 18.1 Å². The molecule has 0 unspecified atom stereocenters. The van der Waals surface area contributed by atoms with E-state index < -0.39 is 0 Å². The fourth-order valence-electron chi connectivity index (χ4n) is 9.18. The van der Waals surface area contributed by atoms with Crippen LogP contribution in [-0.2, 0) is 6.42 Å². The Morgan fingerprint density at radius 3 is 1.83 bits per heavy atom. The Morgan fingerprint density at radius 2 is 1.02 bits per heavy atom. The van der Waals surface area contributed by atoms with E-state index in [1.54, 1.807) is 0 Å². The molecule has 0 saturated heterocycles. The molecule has 0 atom stereocenters. The van der Waals surface area contributed by atoms with Crippen LogP contribution in [0.25, 0.3) is 99.5 Å². The summed E-state index contributed by atoms with van der Waals surface area (Å²) in [5.41, 5.74) is 13.1. The van der Waals surface area contributed by atoms with Crippen LogP contribution in [0.1, 0.15) is 17.7 Å². The van der Waals surface area contributed by atoms with E-state index in [-0.39, 0.29) is 0 Å². The average molecular weight is 666 g/mol. The number of hydrogen-bond donors (Lipinski definition) is 0. The van der Waals surface area contributed by atoms with Crippen LogP contribution in [0.15, 0.2) is 162 Å². The molecule has 11 aromatic rings. The van der Waals surface area contributed by atoms with Crippen LogP contribution >= 0.6 is 0 Å². The Bertz CT molecular complexity index is 3290. The molecule has 0 bridgehead atoms. The first-order chi connectivity index (χ1) is 25.8. The van der Waals surface area contributed by atoms with E-state index in [4.69, 9.17) is 4.42 Å². The summed E-state index contributed by atoms with van der Waals surface area (Å²) in [7, 11) is 0. The third-order valence-corrected chi connectivity index (χ3v) is 11.3. The average Bonchev–Trinajstić information content (AvgIpc) is 3.94. The highest BCUT2D eigenvalue weighted by Gasteiger charge is 2.25. The number of furan rings is 1. The molecule has 244 valence electrons. The van der Waals surface area contributed by atoms with E-state index in [0.717, 1.165) is 35.6 Å². The summed E-state index contributed by atoms with van der Waals surface area (Å²) in [6.07, 6.45) is 4.16. The van der Waals surface area contributed by atoms with Crippen LogP contribution in [0.4, 0.5) is 0 Å². The van der Waals surface area contributed by atoms with Gasteiger partial charge in [-0.2, -0.15) is 0 Å². The van der Waals surface area contributed by atoms with Crippen LogP contribution in [0.3, 0.4) is 0 Å². The number of rotatable bonds is 3. The monoisotopic (exact) mass is 665 g/mol. The van der Waals surface area contributed by atoms with Crippen LogP contribution in [0.2, 0.25) is 0 Å². The van der Waals surface area contributed by atoms with E-state index in [0.29, 0.717) is 0 Å². The first kappa shape index (κ1) is 28.0. The van der Waals surface area contributed by atoms with Crippen LogP contribution in [0, 0.1) is 0 Å². The second-order valence-electron chi connectivity index (χ2n) is 14.0. The summed E-state index contributed by atoms with van der Waals surface area (Å²) in [6, 6.07) is 57.3. The maximum atomic E-state index is 6.43. The largest absolute Gasteiger partial charge is 0.456 e. The summed E-state index contributed by atoms with van der Waals surface area (Å²) in [6.45, 7) is 0. The number of aromatic nitrogens is 3. The van der Waals surface area contributed by atoms with Gasteiger partial charge in [-0.15, -0.1) is 0 Å². The van der Waals surface area contributed by atoms with Gasteiger partial charge in [-0.05, 0) is 67.4 Å². The molecule has 4 nitrogen and oxygen atoms in total. The predicted octanol–water partition coefficient (Wildman–Crippen LogP) is 12.7. The van der Waals surface area contributed by atoms with E-state index in [9.17, 15) is 0 Å². The molecule has 0 aliphatic heterocycles. The molecule has 4 heterocycles. The molecule has 0 radical (unpaired) electrons. The molecule has 0 fully saturated rings. The second kappa shape index (κ2) is 10.4. The highest BCUT2D eigenvalue weighted by Crippen LogP contribution is 2.44. The number of aryl methyl sites for hydroxylation is 1. The van der Waals surface area contributed by atoms with Crippen molar-refractivity contribution in [1.82, 2.24) is 13.7 Å². The van der Waals surface area contributed by atoms with Crippen LogP contribution in [-0.4, -0.2) is 13.7 Å². The highest BCUT2D eigenvalue weighted by atomic mass is 16.3. The maximum absolute atomic E-state index is 6.43. The van der Waals surface area contributed by atoms with Gasteiger partial charge in [0, 0.05) is 66.4 Å². The molecule has 0 saturated carbocycles. The van der Waals surface area contributed by atoms with Crippen molar-refractivity contribution in [2.75, 3.05) is 0 Å².